The molecule has 10 nitrogen and oxygen atoms in total. The lowest BCUT2D eigenvalue weighted by Gasteiger charge is -2.30. The fourth-order valence-corrected chi connectivity index (χ4v) is 5.17. The number of hydrogen-bond acceptors (Lipinski definition) is 7. The maximum Gasteiger partial charge on any atom is 0.407 e. The molecule has 13 heteroatoms. The maximum atomic E-state index is 12.9. The van der Waals surface area contributed by atoms with Crippen molar-refractivity contribution in [2.45, 2.75) is 128 Å². The van der Waals surface area contributed by atoms with Gasteiger partial charge in [-0.3, -0.25) is 9.59 Å². The van der Waals surface area contributed by atoms with Gasteiger partial charge in [-0.1, -0.05) is 0 Å². The predicted octanol–water partition coefficient (Wildman–Crippen LogP) is 7.38. The van der Waals surface area contributed by atoms with Crippen LogP contribution >= 0.6 is 11.6 Å². The molecule has 0 atom stereocenters. The number of hydrogen-bond donors (Lipinski definition) is 4. The van der Waals surface area contributed by atoms with E-state index in [-0.39, 0.29) is 41.8 Å². The fourth-order valence-electron chi connectivity index (χ4n) is 5.04. The van der Waals surface area contributed by atoms with E-state index in [1.807, 2.05) is 41.5 Å². The van der Waals surface area contributed by atoms with Crippen molar-refractivity contribution in [2.75, 3.05) is 0 Å². The zero-order chi connectivity index (χ0) is 36.8. The van der Waals surface area contributed by atoms with Crippen LogP contribution in [0.2, 0.25) is 0 Å². The van der Waals surface area contributed by atoms with Gasteiger partial charge in [-0.2, -0.15) is 0 Å². The fraction of sp³-hybridized carbons (Fsp3) is 0.556. The van der Waals surface area contributed by atoms with Gasteiger partial charge in [0, 0.05) is 35.3 Å². The molecule has 49 heavy (non-hydrogen) atoms. The summed E-state index contributed by atoms with van der Waals surface area (Å²) in [5, 5.41) is 8.14. The van der Waals surface area contributed by atoms with Gasteiger partial charge >= 0.3 is 12.2 Å². The van der Waals surface area contributed by atoms with Gasteiger partial charge < -0.3 is 31.2 Å². The summed E-state index contributed by atoms with van der Waals surface area (Å²) >= 11 is 5.09. The number of ether oxygens (including phenoxy) is 2. The molecule has 0 unspecified atom stereocenters. The van der Waals surface area contributed by atoms with E-state index in [2.05, 4.69) is 16.0 Å². The number of alkyl carbamates (subject to hydrolysis) is 2. The lowest BCUT2D eigenvalue weighted by Crippen LogP contribution is -2.45. The number of nitrogens with two attached hydrogens (primary N) is 1. The second-order valence-corrected chi connectivity index (χ2v) is 14.6. The number of nitrogens with one attached hydrogen (secondary N) is 3. The van der Waals surface area contributed by atoms with Crippen LogP contribution in [0.4, 0.5) is 18.4 Å². The summed E-state index contributed by atoms with van der Waals surface area (Å²) in [6.07, 6.45) is 6.31. The van der Waals surface area contributed by atoms with Gasteiger partial charge in [0.1, 0.15) is 22.8 Å². The summed E-state index contributed by atoms with van der Waals surface area (Å²) in [7, 11) is 0. The minimum Gasteiger partial charge on any atom is -0.444 e. The van der Waals surface area contributed by atoms with Gasteiger partial charge in [-0.15, -0.1) is 0 Å². The van der Waals surface area contributed by atoms with Crippen molar-refractivity contribution in [2.24, 2.45) is 5.73 Å². The molecule has 0 spiro atoms. The number of carbonyl (C=O) groups excluding carboxylic acids is 4. The first kappa shape index (κ1) is 41.4. The Bertz CT molecular complexity index is 1350. The molecule has 272 valence electrons. The summed E-state index contributed by atoms with van der Waals surface area (Å²) in [4.78, 5) is 45.7. The topological polar surface area (TPSA) is 149 Å². The van der Waals surface area contributed by atoms with E-state index >= 15 is 0 Å². The molecule has 0 bridgehead atoms. The molecule has 2 aliphatic rings. The quantitative estimate of drug-likeness (QED) is 0.237. The van der Waals surface area contributed by atoms with Gasteiger partial charge in [-0.25, -0.2) is 18.4 Å². The molecule has 5 N–H and O–H groups in total. The van der Waals surface area contributed by atoms with E-state index in [1.54, 1.807) is 0 Å². The second kappa shape index (κ2) is 19.4. The number of benzene rings is 2. The highest BCUT2D eigenvalue weighted by atomic mass is 35.5. The third-order valence-electron chi connectivity index (χ3n) is 7.45. The number of amides is 3. The van der Waals surface area contributed by atoms with E-state index in [0.29, 0.717) is 17.2 Å². The molecule has 2 aromatic carbocycles. The Hall–Kier alpha value is -3.77. The molecule has 0 heterocycles. The van der Waals surface area contributed by atoms with Crippen LogP contribution in [-0.2, 0) is 9.47 Å². The molecule has 2 fully saturated rings. The molecule has 2 aromatic rings. The van der Waals surface area contributed by atoms with E-state index < -0.39 is 22.5 Å². The monoisotopic (exact) mass is 708 g/mol. The van der Waals surface area contributed by atoms with Gasteiger partial charge in [-0.05, 0) is 153 Å². The first-order chi connectivity index (χ1) is 22.8. The van der Waals surface area contributed by atoms with E-state index in [0.717, 1.165) is 51.4 Å². The minimum absolute atomic E-state index is 0.0684. The lowest BCUT2D eigenvalue weighted by molar-refractivity contribution is 0.0478. The van der Waals surface area contributed by atoms with Gasteiger partial charge in [0.05, 0.1) is 0 Å². The summed E-state index contributed by atoms with van der Waals surface area (Å²) < 4.78 is 35.5. The minimum atomic E-state index is -0.569. The first-order valence-electron chi connectivity index (χ1n) is 16.6. The second-order valence-electron chi connectivity index (χ2n) is 14.2. The summed E-state index contributed by atoms with van der Waals surface area (Å²) in [5.41, 5.74) is 5.61. The highest BCUT2D eigenvalue weighted by molar-refractivity contribution is 6.67. The van der Waals surface area contributed by atoms with Crippen molar-refractivity contribution in [3.8, 4) is 0 Å². The average molecular weight is 709 g/mol. The van der Waals surface area contributed by atoms with Crippen LogP contribution in [0.1, 0.15) is 114 Å². The number of halogens is 3. The third kappa shape index (κ3) is 18.0. The summed E-state index contributed by atoms with van der Waals surface area (Å²) in [6.45, 7) is 11.1. The molecule has 0 saturated heterocycles. The number of rotatable bonds is 5. The average Bonchev–Trinajstić information content (AvgIpc) is 2.99. The highest BCUT2D eigenvalue weighted by Gasteiger charge is 2.26. The van der Waals surface area contributed by atoms with Crippen molar-refractivity contribution in [1.82, 2.24) is 16.0 Å². The molecule has 4 rings (SSSR count). The van der Waals surface area contributed by atoms with E-state index in [1.165, 1.54) is 48.5 Å². The Kier molecular flexibility index (Phi) is 16.4. The summed E-state index contributed by atoms with van der Waals surface area (Å²) in [6, 6.07) is 11.2. The number of carbonyl (C=O) groups is 4. The van der Waals surface area contributed by atoms with Crippen molar-refractivity contribution in [3.63, 3.8) is 0 Å². The Morgan fingerprint density at radius 1 is 0.612 bits per heavy atom. The smallest absolute Gasteiger partial charge is 0.407 e. The predicted molar refractivity (Wildman–Crippen MR) is 185 cm³/mol. The van der Waals surface area contributed by atoms with Crippen LogP contribution in [0, 0.1) is 11.6 Å². The molecular weight excluding hydrogens is 658 g/mol. The van der Waals surface area contributed by atoms with Crippen molar-refractivity contribution in [3.05, 3.63) is 71.3 Å². The summed E-state index contributed by atoms with van der Waals surface area (Å²) in [5.74, 6) is -0.930. The SMILES string of the molecule is CC(C)(C)OC(=O)NC1CCC(N)CC1.CC(C)(C)OC(=O)NC1CCC(NC(=O)c2ccc(F)cc2)CC1.O=C(Cl)c1ccc(F)cc1. The molecular formula is C36H51ClF2N4O6. The van der Waals surface area contributed by atoms with Crippen LogP contribution in [0.15, 0.2) is 48.5 Å². The molecule has 3 amide bonds. The first-order valence-corrected chi connectivity index (χ1v) is 16.9. The van der Waals surface area contributed by atoms with Gasteiger partial charge in [0.2, 0.25) is 0 Å². The molecule has 2 aliphatic carbocycles. The van der Waals surface area contributed by atoms with Crippen LogP contribution in [0.5, 0.6) is 0 Å². The Morgan fingerprint density at radius 3 is 1.29 bits per heavy atom. The van der Waals surface area contributed by atoms with E-state index in [9.17, 15) is 28.0 Å². The molecule has 0 aromatic heterocycles. The Balaban J connectivity index is 0.000000283. The normalized spacial score (nSPS) is 20.5. The molecule has 0 radical (unpaired) electrons. The van der Waals surface area contributed by atoms with Crippen LogP contribution in [0.25, 0.3) is 0 Å². The Labute approximate surface area is 293 Å². The zero-order valence-corrected chi connectivity index (χ0v) is 30.0. The van der Waals surface area contributed by atoms with Crippen molar-refractivity contribution in [1.29, 1.82) is 0 Å². The van der Waals surface area contributed by atoms with Crippen LogP contribution < -0.4 is 21.7 Å². The molecule has 0 aliphatic heterocycles. The van der Waals surface area contributed by atoms with Gasteiger partial charge in [0.25, 0.3) is 11.1 Å². The third-order valence-corrected chi connectivity index (χ3v) is 7.67. The standard InChI is InChI=1S/C18H25FN2O3.C11H22N2O2.C7H4ClFO/c1-18(2,3)24-17(23)21-15-10-8-14(9-11-15)20-16(22)12-4-6-13(19)7-5-12;1-11(2,3)15-10(14)13-9-6-4-8(12)5-7-9;8-7(10)5-1-3-6(9)4-2-5/h4-7,14-15H,8-11H2,1-3H3,(H,20,22)(H,21,23);8-9H,4-7,12H2,1-3H3,(H,13,14);1-4H. The van der Waals surface area contributed by atoms with Crippen molar-refractivity contribution >= 4 is 34.9 Å². The maximum absolute atomic E-state index is 12.9. The lowest BCUT2D eigenvalue weighted by atomic mass is 9.91. The molecule has 2 saturated carbocycles. The highest BCUT2D eigenvalue weighted by Crippen LogP contribution is 2.20. The van der Waals surface area contributed by atoms with Crippen LogP contribution in [-0.4, -0.2) is 58.7 Å². The van der Waals surface area contributed by atoms with Crippen LogP contribution in [0.3, 0.4) is 0 Å². The zero-order valence-electron chi connectivity index (χ0n) is 29.2. The van der Waals surface area contributed by atoms with E-state index in [4.69, 9.17) is 26.8 Å². The van der Waals surface area contributed by atoms with Crippen molar-refractivity contribution < 1.29 is 37.4 Å². The Morgan fingerprint density at radius 2 is 0.939 bits per heavy atom. The van der Waals surface area contributed by atoms with Gasteiger partial charge in [0.15, 0.2) is 0 Å². The largest absolute Gasteiger partial charge is 0.444 e.